The number of ether oxygens (including phenoxy) is 2. The summed E-state index contributed by atoms with van der Waals surface area (Å²) >= 11 is 0. The van der Waals surface area contributed by atoms with Crippen LogP contribution in [0.5, 0.6) is 5.75 Å². The van der Waals surface area contributed by atoms with Crippen molar-refractivity contribution in [2.75, 3.05) is 26.9 Å². The van der Waals surface area contributed by atoms with Gasteiger partial charge in [0.05, 0.1) is 18.8 Å². The lowest BCUT2D eigenvalue weighted by atomic mass is 10.1. The van der Waals surface area contributed by atoms with Crippen molar-refractivity contribution in [2.24, 2.45) is 0 Å². The predicted octanol–water partition coefficient (Wildman–Crippen LogP) is 2.95. The molecule has 108 valence electrons. The van der Waals surface area contributed by atoms with Gasteiger partial charge in [-0.25, -0.2) is 0 Å². The molecule has 0 saturated heterocycles. The smallest absolute Gasteiger partial charge is 0.141 e. The van der Waals surface area contributed by atoms with Gasteiger partial charge in [-0.1, -0.05) is 13.8 Å². The molecule has 0 radical (unpaired) electrons. The van der Waals surface area contributed by atoms with E-state index in [0.717, 1.165) is 50.5 Å². The van der Waals surface area contributed by atoms with Crippen LogP contribution in [-0.4, -0.2) is 31.9 Å². The Hall–Kier alpha value is -1.13. The third-order valence-electron chi connectivity index (χ3n) is 2.89. The predicted molar refractivity (Wildman–Crippen MR) is 77.6 cm³/mol. The highest BCUT2D eigenvalue weighted by molar-refractivity contribution is 5.29. The zero-order chi connectivity index (χ0) is 13.9. The fraction of sp³-hybridized carbons (Fsp3) is 0.667. The van der Waals surface area contributed by atoms with Crippen molar-refractivity contribution in [3.63, 3.8) is 0 Å². The van der Waals surface area contributed by atoms with Gasteiger partial charge in [0.15, 0.2) is 0 Å². The Bertz CT molecular complexity index is 345. The zero-order valence-corrected chi connectivity index (χ0v) is 12.3. The topological polar surface area (TPSA) is 43.4 Å². The molecule has 1 atom stereocenters. The Morgan fingerprint density at radius 2 is 2.11 bits per heavy atom. The highest BCUT2D eigenvalue weighted by atomic mass is 16.5. The fourth-order valence-electron chi connectivity index (χ4n) is 1.94. The maximum Gasteiger partial charge on any atom is 0.141 e. The van der Waals surface area contributed by atoms with Gasteiger partial charge in [0.2, 0.25) is 0 Å². The minimum atomic E-state index is 0.188. The van der Waals surface area contributed by atoms with E-state index in [-0.39, 0.29) is 6.04 Å². The lowest BCUT2D eigenvalue weighted by Gasteiger charge is -2.20. The lowest BCUT2D eigenvalue weighted by Crippen LogP contribution is -2.25. The first-order chi connectivity index (χ1) is 9.33. The van der Waals surface area contributed by atoms with Crippen molar-refractivity contribution in [1.82, 2.24) is 10.3 Å². The summed E-state index contributed by atoms with van der Waals surface area (Å²) in [5.41, 5.74) is 0.971. The molecule has 4 nitrogen and oxygen atoms in total. The second-order valence-electron chi connectivity index (χ2n) is 4.50. The van der Waals surface area contributed by atoms with E-state index < -0.39 is 0 Å². The summed E-state index contributed by atoms with van der Waals surface area (Å²) in [6.07, 6.45) is 4.88. The minimum absolute atomic E-state index is 0.188. The Balaban J connectivity index is 2.65. The Morgan fingerprint density at radius 1 is 1.26 bits per heavy atom. The molecule has 0 aliphatic carbocycles. The second kappa shape index (κ2) is 9.75. The van der Waals surface area contributed by atoms with E-state index in [4.69, 9.17) is 9.47 Å². The van der Waals surface area contributed by atoms with Crippen molar-refractivity contribution in [3.05, 3.63) is 24.0 Å². The highest BCUT2D eigenvalue weighted by Gasteiger charge is 2.16. The number of hydrogen-bond donors (Lipinski definition) is 1. The molecule has 0 aliphatic rings. The van der Waals surface area contributed by atoms with Crippen LogP contribution < -0.4 is 10.1 Å². The quantitative estimate of drug-likeness (QED) is 0.661. The number of hydrogen-bond acceptors (Lipinski definition) is 4. The van der Waals surface area contributed by atoms with Gasteiger partial charge < -0.3 is 14.8 Å². The number of rotatable bonds is 10. The maximum absolute atomic E-state index is 5.58. The van der Waals surface area contributed by atoms with Gasteiger partial charge >= 0.3 is 0 Å². The first-order valence-electron chi connectivity index (χ1n) is 7.13. The van der Waals surface area contributed by atoms with E-state index in [1.807, 2.05) is 18.3 Å². The molecule has 1 unspecified atom stereocenters. The van der Waals surface area contributed by atoms with Crippen molar-refractivity contribution in [1.29, 1.82) is 0 Å². The molecule has 0 amide bonds. The monoisotopic (exact) mass is 266 g/mol. The Morgan fingerprint density at radius 3 is 2.79 bits per heavy atom. The van der Waals surface area contributed by atoms with Gasteiger partial charge in [0.1, 0.15) is 5.75 Å². The van der Waals surface area contributed by atoms with Gasteiger partial charge in [-0.05, 0) is 37.9 Å². The minimum Gasteiger partial charge on any atom is -0.495 e. The standard InChI is InChI=1S/C15H26N2O2/c1-4-9-16-13(8-12-19-11-5-2)15-14(18-3)7-6-10-17-15/h6-7,10,13,16H,4-5,8-9,11-12H2,1-3H3. The summed E-state index contributed by atoms with van der Waals surface area (Å²) in [4.78, 5) is 4.46. The average molecular weight is 266 g/mol. The molecule has 1 aromatic rings. The summed E-state index contributed by atoms with van der Waals surface area (Å²) in [6.45, 7) is 6.81. The molecule has 0 aliphatic heterocycles. The van der Waals surface area contributed by atoms with Crippen molar-refractivity contribution in [3.8, 4) is 5.75 Å². The summed E-state index contributed by atoms with van der Waals surface area (Å²) in [6, 6.07) is 4.04. The van der Waals surface area contributed by atoms with E-state index in [2.05, 4.69) is 24.1 Å². The van der Waals surface area contributed by atoms with E-state index in [9.17, 15) is 0 Å². The number of aromatic nitrogens is 1. The van der Waals surface area contributed by atoms with Crippen molar-refractivity contribution in [2.45, 2.75) is 39.2 Å². The summed E-state index contributed by atoms with van der Waals surface area (Å²) in [7, 11) is 1.69. The molecule has 0 fully saturated rings. The normalized spacial score (nSPS) is 12.4. The van der Waals surface area contributed by atoms with E-state index >= 15 is 0 Å². The van der Waals surface area contributed by atoms with Crippen LogP contribution in [0.2, 0.25) is 0 Å². The summed E-state index contributed by atoms with van der Waals surface area (Å²) < 4.78 is 11.0. The number of nitrogens with zero attached hydrogens (tertiary/aromatic N) is 1. The molecular formula is C15H26N2O2. The van der Waals surface area contributed by atoms with Crippen molar-refractivity contribution < 1.29 is 9.47 Å². The molecule has 1 heterocycles. The largest absolute Gasteiger partial charge is 0.495 e. The number of pyridine rings is 1. The Kier molecular flexibility index (Phi) is 8.18. The molecule has 1 N–H and O–H groups in total. The summed E-state index contributed by atoms with van der Waals surface area (Å²) in [5.74, 6) is 0.839. The molecule has 1 rings (SSSR count). The van der Waals surface area contributed by atoms with Crippen LogP contribution in [-0.2, 0) is 4.74 Å². The van der Waals surface area contributed by atoms with Crippen LogP contribution in [0.1, 0.15) is 44.8 Å². The first-order valence-corrected chi connectivity index (χ1v) is 7.13. The van der Waals surface area contributed by atoms with E-state index in [0.29, 0.717) is 0 Å². The van der Waals surface area contributed by atoms with Crippen LogP contribution in [0.3, 0.4) is 0 Å². The first kappa shape index (κ1) is 15.9. The van der Waals surface area contributed by atoms with Crippen molar-refractivity contribution >= 4 is 0 Å². The zero-order valence-electron chi connectivity index (χ0n) is 12.3. The molecule has 0 aromatic carbocycles. The van der Waals surface area contributed by atoms with Gasteiger partial charge in [-0.3, -0.25) is 4.98 Å². The Labute approximate surface area is 116 Å². The third-order valence-corrected chi connectivity index (χ3v) is 2.89. The molecule has 0 saturated carbocycles. The molecule has 4 heteroatoms. The molecule has 0 bridgehead atoms. The van der Waals surface area contributed by atoms with Gasteiger partial charge in [0.25, 0.3) is 0 Å². The second-order valence-corrected chi connectivity index (χ2v) is 4.50. The fourth-order valence-corrected chi connectivity index (χ4v) is 1.94. The SMILES string of the molecule is CCCNC(CCOCCC)c1ncccc1OC. The lowest BCUT2D eigenvalue weighted by molar-refractivity contribution is 0.124. The third kappa shape index (κ3) is 5.57. The van der Waals surface area contributed by atoms with Crippen LogP contribution in [0, 0.1) is 0 Å². The molecule has 1 aromatic heterocycles. The van der Waals surface area contributed by atoms with Crippen LogP contribution in [0.4, 0.5) is 0 Å². The average Bonchev–Trinajstić information content (AvgIpc) is 2.46. The van der Waals surface area contributed by atoms with Gasteiger partial charge in [0, 0.05) is 19.4 Å². The van der Waals surface area contributed by atoms with Gasteiger partial charge in [-0.2, -0.15) is 0 Å². The number of methoxy groups -OCH3 is 1. The maximum atomic E-state index is 5.58. The van der Waals surface area contributed by atoms with Crippen LogP contribution in [0.15, 0.2) is 18.3 Å². The molecule has 19 heavy (non-hydrogen) atoms. The molecule has 0 spiro atoms. The van der Waals surface area contributed by atoms with E-state index in [1.54, 1.807) is 7.11 Å². The van der Waals surface area contributed by atoms with Crippen LogP contribution >= 0.6 is 0 Å². The highest BCUT2D eigenvalue weighted by Crippen LogP contribution is 2.24. The van der Waals surface area contributed by atoms with E-state index in [1.165, 1.54) is 0 Å². The van der Waals surface area contributed by atoms with Crippen LogP contribution in [0.25, 0.3) is 0 Å². The van der Waals surface area contributed by atoms with Gasteiger partial charge in [-0.15, -0.1) is 0 Å². The molecular weight excluding hydrogens is 240 g/mol. The number of nitrogens with one attached hydrogen (secondary N) is 1. The summed E-state index contributed by atoms with van der Waals surface area (Å²) in [5, 5.41) is 3.51.